The second-order valence-corrected chi connectivity index (χ2v) is 4.59. The van der Waals surface area contributed by atoms with Crippen LogP contribution in [0.25, 0.3) is 0 Å². The number of nitrogens with two attached hydrogens (primary N) is 1. The van der Waals surface area contributed by atoms with E-state index in [2.05, 4.69) is 9.72 Å². The zero-order valence-electron chi connectivity index (χ0n) is 7.11. The summed E-state index contributed by atoms with van der Waals surface area (Å²) in [6.07, 6.45) is -4.71. The fourth-order valence-electron chi connectivity index (χ4n) is 0.891. The SMILES string of the molecule is NCc1c(OC(F)(F)F)cc(I)nc1I. The number of alkyl halides is 3. The molecule has 1 aromatic rings. The molecule has 0 saturated carbocycles. The summed E-state index contributed by atoms with van der Waals surface area (Å²) in [6, 6.07) is 1.21. The third-order valence-electron chi connectivity index (χ3n) is 1.43. The van der Waals surface area contributed by atoms with Crippen molar-refractivity contribution in [1.82, 2.24) is 4.98 Å². The van der Waals surface area contributed by atoms with Crippen molar-refractivity contribution in [2.75, 3.05) is 0 Å². The molecule has 0 unspecified atom stereocenters. The van der Waals surface area contributed by atoms with Crippen molar-refractivity contribution in [3.8, 4) is 5.75 Å². The Morgan fingerprint density at radius 1 is 1.40 bits per heavy atom. The van der Waals surface area contributed by atoms with Crippen molar-refractivity contribution in [2.45, 2.75) is 12.9 Å². The first kappa shape index (κ1) is 13.2. The van der Waals surface area contributed by atoms with E-state index in [4.69, 9.17) is 5.73 Å². The molecule has 0 atom stereocenters. The maximum Gasteiger partial charge on any atom is 0.573 e. The summed E-state index contributed by atoms with van der Waals surface area (Å²) in [5.41, 5.74) is 5.58. The molecule has 2 N–H and O–H groups in total. The Morgan fingerprint density at radius 2 is 2.00 bits per heavy atom. The normalized spacial score (nSPS) is 11.6. The van der Waals surface area contributed by atoms with Gasteiger partial charge in [-0.3, -0.25) is 0 Å². The predicted molar refractivity (Wildman–Crippen MR) is 64.2 cm³/mol. The van der Waals surface area contributed by atoms with Crippen molar-refractivity contribution in [3.05, 3.63) is 19.0 Å². The quantitative estimate of drug-likeness (QED) is 0.564. The van der Waals surface area contributed by atoms with Crippen LogP contribution in [-0.4, -0.2) is 11.3 Å². The Labute approximate surface area is 111 Å². The van der Waals surface area contributed by atoms with Crippen LogP contribution in [0.15, 0.2) is 6.07 Å². The van der Waals surface area contributed by atoms with Gasteiger partial charge in [0.05, 0.1) is 0 Å². The average Bonchev–Trinajstić information content (AvgIpc) is 1.99. The number of rotatable bonds is 2. The molecule has 0 amide bonds. The molecule has 0 aromatic carbocycles. The molecule has 3 nitrogen and oxygen atoms in total. The lowest BCUT2D eigenvalue weighted by molar-refractivity contribution is -0.275. The van der Waals surface area contributed by atoms with Crippen LogP contribution in [0.3, 0.4) is 0 Å². The summed E-state index contributed by atoms with van der Waals surface area (Å²) in [4.78, 5) is 3.98. The molecule has 1 aromatic heterocycles. The van der Waals surface area contributed by atoms with Gasteiger partial charge in [0.2, 0.25) is 0 Å². The highest BCUT2D eigenvalue weighted by atomic mass is 127. The van der Waals surface area contributed by atoms with Crippen molar-refractivity contribution in [2.24, 2.45) is 5.73 Å². The van der Waals surface area contributed by atoms with Gasteiger partial charge in [-0.05, 0) is 45.2 Å². The highest BCUT2D eigenvalue weighted by Crippen LogP contribution is 2.29. The molecule has 0 aliphatic rings. The molecule has 0 saturated heterocycles. The van der Waals surface area contributed by atoms with Gasteiger partial charge in [0, 0.05) is 18.2 Å². The van der Waals surface area contributed by atoms with Gasteiger partial charge < -0.3 is 10.5 Å². The lowest BCUT2D eigenvalue weighted by Gasteiger charge is -2.13. The topological polar surface area (TPSA) is 48.1 Å². The van der Waals surface area contributed by atoms with E-state index in [9.17, 15) is 13.2 Å². The molecular weight excluding hydrogens is 439 g/mol. The van der Waals surface area contributed by atoms with Gasteiger partial charge in [-0.1, -0.05) is 0 Å². The molecule has 0 aliphatic heterocycles. The first-order chi connectivity index (χ1) is 6.83. The van der Waals surface area contributed by atoms with Gasteiger partial charge in [-0.2, -0.15) is 0 Å². The van der Waals surface area contributed by atoms with E-state index in [1.807, 2.05) is 45.2 Å². The second-order valence-electron chi connectivity index (χ2n) is 2.46. The number of aromatic nitrogens is 1. The van der Waals surface area contributed by atoms with E-state index >= 15 is 0 Å². The van der Waals surface area contributed by atoms with Gasteiger partial charge in [0.1, 0.15) is 13.2 Å². The van der Waals surface area contributed by atoms with Crippen molar-refractivity contribution < 1.29 is 17.9 Å². The molecule has 8 heteroatoms. The van der Waals surface area contributed by atoms with Crippen LogP contribution in [0.1, 0.15) is 5.56 Å². The maximum atomic E-state index is 12.0. The van der Waals surface area contributed by atoms with Gasteiger partial charge in [-0.15, -0.1) is 13.2 Å². The third kappa shape index (κ3) is 3.90. The molecular formula is C7H5F3I2N2O. The highest BCUT2D eigenvalue weighted by Gasteiger charge is 2.32. The molecule has 0 bridgehead atoms. The zero-order valence-corrected chi connectivity index (χ0v) is 11.4. The summed E-state index contributed by atoms with van der Waals surface area (Å²) >= 11 is 3.63. The summed E-state index contributed by atoms with van der Waals surface area (Å²) < 4.78 is 40.8. The van der Waals surface area contributed by atoms with Crippen LogP contribution < -0.4 is 10.5 Å². The molecule has 0 fully saturated rings. The minimum Gasteiger partial charge on any atom is -0.405 e. The van der Waals surface area contributed by atoms with E-state index in [0.29, 0.717) is 7.40 Å². The van der Waals surface area contributed by atoms with Crippen LogP contribution in [0, 0.1) is 7.40 Å². The van der Waals surface area contributed by atoms with Gasteiger partial charge in [0.25, 0.3) is 0 Å². The van der Waals surface area contributed by atoms with Gasteiger partial charge in [-0.25, -0.2) is 4.98 Å². The van der Waals surface area contributed by atoms with Crippen molar-refractivity contribution >= 4 is 45.2 Å². The predicted octanol–water partition coefficient (Wildman–Crippen LogP) is 2.65. The first-order valence-corrected chi connectivity index (χ1v) is 5.80. The van der Waals surface area contributed by atoms with E-state index in [-0.39, 0.29) is 17.9 Å². The molecule has 1 rings (SSSR count). The number of hydrogen-bond acceptors (Lipinski definition) is 3. The Hall–Kier alpha value is 0.160. The lowest BCUT2D eigenvalue weighted by Crippen LogP contribution is -2.19. The van der Waals surface area contributed by atoms with Crippen molar-refractivity contribution in [1.29, 1.82) is 0 Å². The Morgan fingerprint density at radius 3 is 2.47 bits per heavy atom. The second kappa shape index (κ2) is 4.99. The summed E-state index contributed by atoms with van der Waals surface area (Å²) in [6.45, 7) is -0.0480. The average molecular weight is 444 g/mol. The summed E-state index contributed by atoms with van der Waals surface area (Å²) in [5.74, 6) is -0.284. The third-order valence-corrected chi connectivity index (χ3v) is 2.88. The Kier molecular flexibility index (Phi) is 4.40. The first-order valence-electron chi connectivity index (χ1n) is 3.64. The highest BCUT2D eigenvalue weighted by molar-refractivity contribution is 14.1. The number of ether oxygens (including phenoxy) is 1. The number of halogens is 5. The van der Waals surface area contributed by atoms with E-state index in [1.165, 1.54) is 6.07 Å². The monoisotopic (exact) mass is 444 g/mol. The summed E-state index contributed by atoms with van der Waals surface area (Å²) in [7, 11) is 0. The van der Waals surface area contributed by atoms with Crippen molar-refractivity contribution in [3.63, 3.8) is 0 Å². The van der Waals surface area contributed by atoms with E-state index < -0.39 is 6.36 Å². The van der Waals surface area contributed by atoms with Crippen LogP contribution in [-0.2, 0) is 6.54 Å². The van der Waals surface area contributed by atoms with Crippen LogP contribution in [0.5, 0.6) is 5.75 Å². The van der Waals surface area contributed by atoms with Gasteiger partial charge in [0.15, 0.2) is 0 Å². The largest absolute Gasteiger partial charge is 0.573 e. The van der Waals surface area contributed by atoms with E-state index in [1.54, 1.807) is 0 Å². The lowest BCUT2D eigenvalue weighted by atomic mass is 10.2. The van der Waals surface area contributed by atoms with Crippen LogP contribution in [0.2, 0.25) is 0 Å². The number of hydrogen-bond donors (Lipinski definition) is 1. The minimum atomic E-state index is -4.71. The Balaban J connectivity index is 3.15. The number of pyridine rings is 1. The number of nitrogens with zero attached hydrogens (tertiary/aromatic N) is 1. The molecule has 0 radical (unpaired) electrons. The molecule has 84 valence electrons. The maximum absolute atomic E-state index is 12.0. The standard InChI is InChI=1S/C7H5F3I2N2O/c8-7(9,10)15-4-1-5(11)14-6(12)3(4)2-13/h1H,2,13H2. The summed E-state index contributed by atoms with van der Waals surface area (Å²) in [5, 5.41) is 0. The van der Waals surface area contributed by atoms with Crippen LogP contribution in [0.4, 0.5) is 13.2 Å². The zero-order chi connectivity index (χ0) is 11.6. The fraction of sp³-hybridized carbons (Fsp3) is 0.286. The van der Waals surface area contributed by atoms with E-state index in [0.717, 1.165) is 0 Å². The smallest absolute Gasteiger partial charge is 0.405 e. The Bertz CT molecular complexity index is 370. The molecule has 0 aliphatic carbocycles. The fourth-order valence-corrected chi connectivity index (χ4v) is 2.62. The molecule has 15 heavy (non-hydrogen) atoms. The molecule has 1 heterocycles. The molecule has 0 spiro atoms. The van der Waals surface area contributed by atoms with Crippen LogP contribution >= 0.6 is 45.2 Å². The minimum absolute atomic E-state index is 0.0480. The van der Waals surface area contributed by atoms with Gasteiger partial charge >= 0.3 is 6.36 Å².